The van der Waals surface area contributed by atoms with Crippen LogP contribution >= 0.6 is 11.3 Å². The van der Waals surface area contributed by atoms with E-state index in [2.05, 4.69) is 26.4 Å². The van der Waals surface area contributed by atoms with Crippen molar-refractivity contribution in [2.24, 2.45) is 0 Å². The first-order valence-electron chi connectivity index (χ1n) is 10.7. The fourth-order valence-corrected chi connectivity index (χ4v) is 4.68. The van der Waals surface area contributed by atoms with Crippen LogP contribution in [-0.4, -0.2) is 75.1 Å². The van der Waals surface area contributed by atoms with Crippen molar-refractivity contribution in [3.05, 3.63) is 45.9 Å². The maximum absolute atomic E-state index is 13.3. The summed E-state index contributed by atoms with van der Waals surface area (Å²) in [4.78, 5) is 35.2. The Morgan fingerprint density at radius 1 is 1.23 bits per heavy atom. The van der Waals surface area contributed by atoms with Crippen molar-refractivity contribution in [3.8, 4) is 0 Å². The van der Waals surface area contributed by atoms with Crippen LogP contribution in [0, 0.1) is 6.92 Å². The quantitative estimate of drug-likeness (QED) is 0.635. The van der Waals surface area contributed by atoms with Crippen LogP contribution in [0.5, 0.6) is 0 Å². The number of hydrogen-bond acceptors (Lipinski definition) is 6. The van der Waals surface area contributed by atoms with Gasteiger partial charge in [-0.25, -0.2) is 9.67 Å². The summed E-state index contributed by atoms with van der Waals surface area (Å²) < 4.78 is 1.86. The van der Waals surface area contributed by atoms with Gasteiger partial charge in [0.2, 0.25) is 5.91 Å². The molecular weight excluding hydrogens is 412 g/mol. The van der Waals surface area contributed by atoms with Gasteiger partial charge in [-0.1, -0.05) is 6.07 Å². The number of fused-ring (bicyclic) bond motifs is 1. The summed E-state index contributed by atoms with van der Waals surface area (Å²) in [6.45, 7) is 5.60. The van der Waals surface area contributed by atoms with E-state index in [9.17, 15) is 9.59 Å². The topological polar surface area (TPSA) is 83.4 Å². The number of hydrogen-bond donors (Lipinski definition) is 1. The Hall–Kier alpha value is -2.78. The van der Waals surface area contributed by atoms with E-state index in [1.165, 1.54) is 4.88 Å². The molecule has 0 atom stereocenters. The summed E-state index contributed by atoms with van der Waals surface area (Å²) >= 11 is 1.68. The third-order valence-corrected chi connectivity index (χ3v) is 6.68. The highest BCUT2D eigenvalue weighted by molar-refractivity contribution is 7.09. The summed E-state index contributed by atoms with van der Waals surface area (Å²) in [5.74, 6) is 0.0974. The van der Waals surface area contributed by atoms with Crippen LogP contribution in [0.3, 0.4) is 0 Å². The van der Waals surface area contributed by atoms with Crippen molar-refractivity contribution < 1.29 is 9.59 Å². The van der Waals surface area contributed by atoms with Crippen molar-refractivity contribution >= 4 is 34.2 Å². The SMILES string of the molecule is Cc1cc(C(=O)N2CCN(CC(=O)NC3CC3)CC2)c2cnn(Cc3cccs3)c2n1. The predicted octanol–water partition coefficient (Wildman–Crippen LogP) is 1.89. The van der Waals surface area contributed by atoms with Gasteiger partial charge >= 0.3 is 0 Å². The van der Waals surface area contributed by atoms with Crippen LogP contribution in [0.15, 0.2) is 29.8 Å². The molecule has 0 unspecified atom stereocenters. The van der Waals surface area contributed by atoms with Crippen molar-refractivity contribution in [3.63, 3.8) is 0 Å². The highest BCUT2D eigenvalue weighted by Gasteiger charge is 2.27. The van der Waals surface area contributed by atoms with Gasteiger partial charge in [0.15, 0.2) is 5.65 Å². The molecule has 2 fully saturated rings. The average molecular weight is 439 g/mol. The van der Waals surface area contributed by atoms with Gasteiger partial charge in [-0.3, -0.25) is 14.5 Å². The molecule has 1 saturated heterocycles. The molecule has 8 nitrogen and oxygen atoms in total. The van der Waals surface area contributed by atoms with Gasteiger partial charge in [-0.15, -0.1) is 11.3 Å². The molecule has 1 saturated carbocycles. The smallest absolute Gasteiger partial charge is 0.254 e. The number of amides is 2. The zero-order chi connectivity index (χ0) is 21.4. The molecule has 31 heavy (non-hydrogen) atoms. The molecule has 9 heteroatoms. The summed E-state index contributed by atoms with van der Waals surface area (Å²) in [5.41, 5.74) is 2.20. The number of nitrogens with one attached hydrogen (secondary N) is 1. The number of carbonyl (C=O) groups is 2. The van der Waals surface area contributed by atoms with E-state index < -0.39 is 0 Å². The zero-order valence-electron chi connectivity index (χ0n) is 17.6. The maximum atomic E-state index is 13.3. The Labute approximate surface area is 184 Å². The van der Waals surface area contributed by atoms with Gasteiger partial charge in [-0.05, 0) is 37.3 Å². The molecule has 4 heterocycles. The van der Waals surface area contributed by atoms with Gasteiger partial charge in [0.25, 0.3) is 5.91 Å². The highest BCUT2D eigenvalue weighted by Crippen LogP contribution is 2.22. The summed E-state index contributed by atoms with van der Waals surface area (Å²) in [7, 11) is 0. The number of piperazine rings is 1. The minimum atomic E-state index is 0.00764. The van der Waals surface area contributed by atoms with E-state index in [-0.39, 0.29) is 11.8 Å². The van der Waals surface area contributed by atoms with E-state index in [1.54, 1.807) is 17.5 Å². The summed E-state index contributed by atoms with van der Waals surface area (Å²) in [6, 6.07) is 6.34. The molecule has 0 spiro atoms. The van der Waals surface area contributed by atoms with Gasteiger partial charge in [0, 0.05) is 42.8 Å². The third-order valence-electron chi connectivity index (χ3n) is 5.82. The first kappa shape index (κ1) is 20.1. The van der Waals surface area contributed by atoms with Crippen LogP contribution in [0.4, 0.5) is 0 Å². The second kappa shape index (κ2) is 8.39. The molecule has 0 radical (unpaired) electrons. The van der Waals surface area contributed by atoms with Crippen molar-refractivity contribution in [2.45, 2.75) is 32.4 Å². The molecule has 2 aliphatic rings. The van der Waals surface area contributed by atoms with Gasteiger partial charge in [-0.2, -0.15) is 5.10 Å². The fourth-order valence-electron chi connectivity index (χ4n) is 4.00. The van der Waals surface area contributed by atoms with Crippen LogP contribution < -0.4 is 5.32 Å². The molecule has 162 valence electrons. The molecule has 1 aliphatic heterocycles. The summed E-state index contributed by atoms with van der Waals surface area (Å²) in [6.07, 6.45) is 3.94. The van der Waals surface area contributed by atoms with Crippen molar-refractivity contribution in [1.82, 2.24) is 29.9 Å². The van der Waals surface area contributed by atoms with Crippen molar-refractivity contribution in [2.75, 3.05) is 32.7 Å². The molecule has 5 rings (SSSR count). The fraction of sp³-hybridized carbons (Fsp3) is 0.455. The largest absolute Gasteiger partial charge is 0.352 e. The molecule has 2 amide bonds. The minimum absolute atomic E-state index is 0.00764. The summed E-state index contributed by atoms with van der Waals surface area (Å²) in [5, 5.41) is 10.4. The van der Waals surface area contributed by atoms with E-state index >= 15 is 0 Å². The number of aryl methyl sites for hydroxylation is 1. The van der Waals surface area contributed by atoms with E-state index in [1.807, 2.05) is 34.0 Å². The standard InChI is InChI=1S/C22H26N6O2S/c1-15-11-18(19-12-23-28(21(19)24-15)13-17-3-2-10-31-17)22(30)27-8-6-26(7-9-27)14-20(29)25-16-4-5-16/h2-3,10-12,16H,4-9,13-14H2,1H3,(H,25,29). The van der Waals surface area contributed by atoms with Gasteiger partial charge < -0.3 is 10.2 Å². The number of thiophene rings is 1. The lowest BCUT2D eigenvalue weighted by molar-refractivity contribution is -0.122. The Kier molecular flexibility index (Phi) is 5.45. The molecule has 3 aromatic rings. The number of pyridine rings is 1. The molecular formula is C22H26N6O2S. The number of carbonyl (C=O) groups excluding carboxylic acids is 2. The highest BCUT2D eigenvalue weighted by atomic mass is 32.1. The zero-order valence-corrected chi connectivity index (χ0v) is 18.4. The van der Waals surface area contributed by atoms with Crippen LogP contribution in [-0.2, 0) is 11.3 Å². The molecule has 1 N–H and O–H groups in total. The van der Waals surface area contributed by atoms with E-state index in [0.717, 1.165) is 29.6 Å². The lowest BCUT2D eigenvalue weighted by atomic mass is 10.1. The lowest BCUT2D eigenvalue weighted by Crippen LogP contribution is -2.51. The maximum Gasteiger partial charge on any atom is 0.254 e. The third kappa shape index (κ3) is 4.47. The van der Waals surface area contributed by atoms with Crippen LogP contribution in [0.1, 0.15) is 33.8 Å². The first-order chi connectivity index (χ1) is 15.1. The first-order valence-corrected chi connectivity index (χ1v) is 11.6. The number of rotatable bonds is 6. The predicted molar refractivity (Wildman–Crippen MR) is 119 cm³/mol. The normalized spacial score (nSPS) is 17.3. The Morgan fingerprint density at radius 2 is 2.03 bits per heavy atom. The van der Waals surface area contributed by atoms with E-state index in [4.69, 9.17) is 0 Å². The Bertz CT molecular complexity index is 1100. The number of nitrogens with zero attached hydrogens (tertiary/aromatic N) is 5. The molecule has 0 bridgehead atoms. The van der Waals surface area contributed by atoms with Crippen LogP contribution in [0.25, 0.3) is 11.0 Å². The lowest BCUT2D eigenvalue weighted by Gasteiger charge is -2.34. The van der Waals surface area contributed by atoms with Crippen molar-refractivity contribution in [1.29, 1.82) is 0 Å². The van der Waals surface area contributed by atoms with Crippen LogP contribution in [0.2, 0.25) is 0 Å². The van der Waals surface area contributed by atoms with Gasteiger partial charge in [0.05, 0.1) is 30.2 Å². The molecule has 1 aliphatic carbocycles. The monoisotopic (exact) mass is 438 g/mol. The second-order valence-electron chi connectivity index (χ2n) is 8.34. The molecule has 0 aromatic carbocycles. The van der Waals surface area contributed by atoms with Gasteiger partial charge in [0.1, 0.15) is 0 Å². The Balaban J connectivity index is 1.28. The van der Waals surface area contributed by atoms with E-state index in [0.29, 0.717) is 50.9 Å². The Morgan fingerprint density at radius 3 is 2.74 bits per heavy atom. The second-order valence-corrected chi connectivity index (χ2v) is 9.37. The number of aromatic nitrogens is 3. The minimum Gasteiger partial charge on any atom is -0.352 e. The average Bonchev–Trinajstić information content (AvgIpc) is 3.25. The molecule has 3 aromatic heterocycles.